The van der Waals surface area contributed by atoms with E-state index >= 15 is 0 Å². The third kappa shape index (κ3) is 5.81. The fraction of sp³-hybridized carbons (Fsp3) is 0.364. The molecule has 0 radical (unpaired) electrons. The molecule has 1 aliphatic rings. The molecule has 1 amide bonds. The molecule has 0 bridgehead atoms. The molecule has 0 spiro atoms. The Morgan fingerprint density at radius 3 is 2.34 bits per heavy atom. The van der Waals surface area contributed by atoms with E-state index in [2.05, 4.69) is 5.32 Å². The molecular formula is C22H24Cl2N2O5S. The number of aryl methyl sites for hydroxylation is 1. The number of hydrogen-bond donors (Lipinski definition) is 1. The Bertz CT molecular complexity index is 1100. The van der Waals surface area contributed by atoms with Gasteiger partial charge in [0, 0.05) is 18.1 Å². The highest BCUT2D eigenvalue weighted by atomic mass is 35.5. The van der Waals surface area contributed by atoms with E-state index in [1.165, 1.54) is 17.3 Å². The smallest absolute Gasteiger partial charge is 0.309 e. The zero-order chi connectivity index (χ0) is 23.5. The summed E-state index contributed by atoms with van der Waals surface area (Å²) < 4.78 is 32.3. The average molecular weight is 499 g/mol. The second-order valence-corrected chi connectivity index (χ2v) is 10.5. The van der Waals surface area contributed by atoms with Gasteiger partial charge in [0.2, 0.25) is 10.0 Å². The maximum absolute atomic E-state index is 12.8. The molecule has 1 heterocycles. The van der Waals surface area contributed by atoms with Crippen LogP contribution in [0.3, 0.4) is 0 Å². The highest BCUT2D eigenvalue weighted by Crippen LogP contribution is 2.27. The molecular weight excluding hydrogens is 475 g/mol. The quantitative estimate of drug-likeness (QED) is 0.600. The van der Waals surface area contributed by atoms with Gasteiger partial charge in [0.05, 0.1) is 21.5 Å². The lowest BCUT2D eigenvalue weighted by atomic mass is 9.98. The number of nitrogens with zero attached hydrogens (tertiary/aromatic N) is 1. The van der Waals surface area contributed by atoms with Crippen LogP contribution in [0, 0.1) is 12.8 Å². The molecule has 32 heavy (non-hydrogen) atoms. The number of ether oxygens (including phenoxy) is 1. The van der Waals surface area contributed by atoms with Crippen molar-refractivity contribution >= 4 is 50.8 Å². The highest BCUT2D eigenvalue weighted by Gasteiger charge is 2.34. The van der Waals surface area contributed by atoms with Crippen molar-refractivity contribution in [1.29, 1.82) is 0 Å². The predicted octanol–water partition coefficient (Wildman–Crippen LogP) is 4.27. The van der Waals surface area contributed by atoms with Crippen LogP contribution in [0.4, 0.5) is 5.69 Å². The highest BCUT2D eigenvalue weighted by molar-refractivity contribution is 7.89. The zero-order valence-corrected chi connectivity index (χ0v) is 20.0. The zero-order valence-electron chi connectivity index (χ0n) is 17.7. The number of anilines is 1. The molecule has 2 aromatic rings. The minimum absolute atomic E-state index is 0.203. The normalized spacial score (nSPS) is 16.4. The van der Waals surface area contributed by atoms with E-state index < -0.39 is 33.9 Å². The van der Waals surface area contributed by atoms with Crippen LogP contribution in [0.5, 0.6) is 0 Å². The minimum Gasteiger partial charge on any atom is -0.452 e. The molecule has 172 valence electrons. The number of esters is 1. The number of amides is 1. The maximum atomic E-state index is 12.8. The first kappa shape index (κ1) is 24.5. The molecule has 1 aliphatic heterocycles. The number of piperidine rings is 1. The van der Waals surface area contributed by atoms with Crippen LogP contribution < -0.4 is 5.32 Å². The van der Waals surface area contributed by atoms with Gasteiger partial charge in [-0.1, -0.05) is 40.9 Å². The number of nitrogens with one attached hydrogen (secondary N) is 1. The van der Waals surface area contributed by atoms with Gasteiger partial charge in [-0.2, -0.15) is 4.31 Å². The standard InChI is InChI=1S/C22H24Cl2N2O5S/c1-14-3-6-18(7-4-14)32(29,30)26-11-9-16(10-12-26)22(28)31-15(2)21(27)25-20-13-17(23)5-8-19(20)24/h3-8,13,15-16H,9-12H2,1-2H3,(H,25,27). The van der Waals surface area contributed by atoms with Gasteiger partial charge in [-0.25, -0.2) is 8.42 Å². The lowest BCUT2D eigenvalue weighted by molar-refractivity contribution is -0.158. The third-order valence-electron chi connectivity index (χ3n) is 5.29. The number of halogens is 2. The molecule has 0 aliphatic carbocycles. The molecule has 2 aromatic carbocycles. The Kier molecular flexibility index (Phi) is 7.82. The Morgan fingerprint density at radius 1 is 1.09 bits per heavy atom. The number of rotatable bonds is 6. The molecule has 1 fully saturated rings. The van der Waals surface area contributed by atoms with Crippen molar-refractivity contribution < 1.29 is 22.7 Å². The van der Waals surface area contributed by atoms with Crippen molar-refractivity contribution in [2.24, 2.45) is 5.92 Å². The number of carbonyl (C=O) groups is 2. The Hall–Kier alpha value is -2.13. The first-order valence-corrected chi connectivity index (χ1v) is 12.3. The predicted molar refractivity (Wildman–Crippen MR) is 123 cm³/mol. The van der Waals surface area contributed by atoms with Gasteiger partial charge >= 0.3 is 5.97 Å². The van der Waals surface area contributed by atoms with Gasteiger partial charge < -0.3 is 10.1 Å². The van der Waals surface area contributed by atoms with Gasteiger partial charge in [0.1, 0.15) is 0 Å². The van der Waals surface area contributed by atoms with Crippen LogP contribution in [0.2, 0.25) is 10.0 Å². The topological polar surface area (TPSA) is 92.8 Å². The van der Waals surface area contributed by atoms with E-state index in [1.54, 1.807) is 36.4 Å². The summed E-state index contributed by atoms with van der Waals surface area (Å²) >= 11 is 12.0. The van der Waals surface area contributed by atoms with E-state index in [1.807, 2.05) is 6.92 Å². The minimum atomic E-state index is -3.61. The summed E-state index contributed by atoms with van der Waals surface area (Å²) in [5.41, 5.74) is 1.29. The lowest BCUT2D eigenvalue weighted by Crippen LogP contribution is -2.41. The summed E-state index contributed by atoms with van der Waals surface area (Å²) in [6.45, 7) is 3.75. The van der Waals surface area contributed by atoms with Gasteiger partial charge in [-0.3, -0.25) is 9.59 Å². The van der Waals surface area contributed by atoms with E-state index in [9.17, 15) is 18.0 Å². The molecule has 3 rings (SSSR count). The first-order chi connectivity index (χ1) is 15.1. The largest absolute Gasteiger partial charge is 0.452 e. The summed E-state index contributed by atoms with van der Waals surface area (Å²) in [4.78, 5) is 25.1. The molecule has 0 aromatic heterocycles. The van der Waals surface area contributed by atoms with Gasteiger partial charge in [-0.15, -0.1) is 0 Å². The van der Waals surface area contributed by atoms with Crippen molar-refractivity contribution in [2.45, 2.75) is 37.7 Å². The fourth-order valence-corrected chi connectivity index (χ4v) is 5.15. The SMILES string of the molecule is Cc1ccc(S(=O)(=O)N2CCC(C(=O)OC(C)C(=O)Nc3cc(Cl)ccc3Cl)CC2)cc1. The van der Waals surface area contributed by atoms with E-state index in [-0.39, 0.29) is 18.0 Å². The van der Waals surface area contributed by atoms with Crippen LogP contribution in [0.15, 0.2) is 47.4 Å². The van der Waals surface area contributed by atoms with Crippen LogP contribution in [-0.2, 0) is 24.3 Å². The van der Waals surface area contributed by atoms with Crippen molar-refractivity contribution in [1.82, 2.24) is 4.31 Å². The summed E-state index contributed by atoms with van der Waals surface area (Å²) in [6, 6.07) is 11.3. The molecule has 1 unspecified atom stereocenters. The first-order valence-electron chi connectivity index (χ1n) is 10.1. The molecule has 1 saturated heterocycles. The summed E-state index contributed by atoms with van der Waals surface area (Å²) in [6.07, 6.45) is -0.414. The molecule has 1 atom stereocenters. The van der Waals surface area contributed by atoms with Gasteiger partial charge in [0.25, 0.3) is 5.91 Å². The van der Waals surface area contributed by atoms with Crippen molar-refractivity contribution in [3.8, 4) is 0 Å². The van der Waals surface area contributed by atoms with Crippen LogP contribution in [0.1, 0.15) is 25.3 Å². The van der Waals surface area contributed by atoms with E-state index in [0.717, 1.165) is 5.56 Å². The van der Waals surface area contributed by atoms with Crippen molar-refractivity contribution in [2.75, 3.05) is 18.4 Å². The molecule has 10 heteroatoms. The molecule has 1 N–H and O–H groups in total. The number of carbonyl (C=O) groups excluding carboxylic acids is 2. The maximum Gasteiger partial charge on any atom is 0.309 e. The van der Waals surface area contributed by atoms with Gasteiger partial charge in [0.15, 0.2) is 6.10 Å². The molecule has 7 nitrogen and oxygen atoms in total. The monoisotopic (exact) mass is 498 g/mol. The number of sulfonamides is 1. The van der Waals surface area contributed by atoms with E-state index in [4.69, 9.17) is 27.9 Å². The number of benzene rings is 2. The Morgan fingerprint density at radius 2 is 1.72 bits per heavy atom. The second-order valence-electron chi connectivity index (χ2n) is 7.68. The third-order valence-corrected chi connectivity index (χ3v) is 7.77. The summed E-state index contributed by atoms with van der Waals surface area (Å²) in [7, 11) is -3.61. The van der Waals surface area contributed by atoms with Crippen molar-refractivity contribution in [3.05, 3.63) is 58.1 Å². The van der Waals surface area contributed by atoms with Gasteiger partial charge in [-0.05, 0) is 57.0 Å². The summed E-state index contributed by atoms with van der Waals surface area (Å²) in [5.74, 6) is -1.55. The van der Waals surface area contributed by atoms with Crippen molar-refractivity contribution in [3.63, 3.8) is 0 Å². The second kappa shape index (κ2) is 10.2. The Balaban J connectivity index is 1.54. The van der Waals surface area contributed by atoms with Crippen LogP contribution in [0.25, 0.3) is 0 Å². The van der Waals surface area contributed by atoms with Crippen LogP contribution in [-0.4, -0.2) is 43.8 Å². The molecule has 0 saturated carbocycles. The Labute approximate surface area is 197 Å². The number of hydrogen-bond acceptors (Lipinski definition) is 5. The van der Waals surface area contributed by atoms with Crippen LogP contribution >= 0.6 is 23.2 Å². The lowest BCUT2D eigenvalue weighted by Gasteiger charge is -2.30. The van der Waals surface area contributed by atoms with E-state index in [0.29, 0.717) is 28.6 Å². The fourth-order valence-electron chi connectivity index (χ4n) is 3.34. The summed E-state index contributed by atoms with van der Waals surface area (Å²) in [5, 5.41) is 3.30. The average Bonchev–Trinajstić information content (AvgIpc) is 2.76.